The monoisotopic (exact) mass is 380 g/mol. The summed E-state index contributed by atoms with van der Waals surface area (Å²) in [6, 6.07) is 11.3. The number of nitrogens with one attached hydrogen (secondary N) is 1. The third-order valence-electron chi connectivity index (χ3n) is 4.07. The van der Waals surface area contributed by atoms with E-state index in [1.165, 1.54) is 23.1 Å². The molecule has 1 atom stereocenters. The van der Waals surface area contributed by atoms with Gasteiger partial charge >= 0.3 is 0 Å². The van der Waals surface area contributed by atoms with Crippen LogP contribution in [0.25, 0.3) is 0 Å². The quantitative estimate of drug-likeness (QED) is 0.876. The molecular weight excluding hydrogens is 366 g/mol. The maximum atomic E-state index is 13.3. The summed E-state index contributed by atoms with van der Waals surface area (Å²) >= 11 is 11.7. The molecule has 4 nitrogen and oxygen atoms in total. The Morgan fingerprint density at radius 2 is 2.04 bits per heavy atom. The van der Waals surface area contributed by atoms with Gasteiger partial charge in [0.1, 0.15) is 5.82 Å². The number of hydrogen-bond donors (Lipinski definition) is 1. The molecule has 0 spiro atoms. The van der Waals surface area contributed by atoms with Crippen molar-refractivity contribution in [3.8, 4) is 0 Å². The molecule has 0 saturated carbocycles. The summed E-state index contributed by atoms with van der Waals surface area (Å²) in [7, 11) is 0. The van der Waals surface area contributed by atoms with E-state index in [-0.39, 0.29) is 29.8 Å². The minimum absolute atomic E-state index is 0.0563. The molecule has 0 aromatic heterocycles. The lowest BCUT2D eigenvalue weighted by atomic mass is 10.1. The molecule has 0 bridgehead atoms. The van der Waals surface area contributed by atoms with E-state index in [1.807, 2.05) is 12.1 Å². The molecule has 1 aliphatic rings. The Bertz CT molecular complexity index is 828. The van der Waals surface area contributed by atoms with E-state index in [0.29, 0.717) is 17.3 Å². The maximum absolute atomic E-state index is 13.3. The fourth-order valence-corrected chi connectivity index (χ4v) is 3.15. The fourth-order valence-electron chi connectivity index (χ4n) is 2.77. The summed E-state index contributed by atoms with van der Waals surface area (Å²) in [5.74, 6) is -1.40. The predicted octanol–water partition coefficient (Wildman–Crippen LogP) is 3.80. The lowest BCUT2D eigenvalue weighted by Gasteiger charge is -2.17. The molecule has 130 valence electrons. The molecule has 3 rings (SSSR count). The van der Waals surface area contributed by atoms with Crippen LogP contribution in [0.4, 0.5) is 10.1 Å². The second-order valence-corrected chi connectivity index (χ2v) is 6.70. The van der Waals surface area contributed by atoms with Gasteiger partial charge in [-0.3, -0.25) is 9.59 Å². The molecule has 1 N–H and O–H groups in total. The van der Waals surface area contributed by atoms with Crippen molar-refractivity contribution >= 4 is 40.7 Å². The van der Waals surface area contributed by atoms with Gasteiger partial charge in [-0.25, -0.2) is 4.39 Å². The van der Waals surface area contributed by atoms with Gasteiger partial charge in [-0.05, 0) is 35.9 Å². The van der Waals surface area contributed by atoms with Crippen LogP contribution >= 0.6 is 23.2 Å². The standard InChI is InChI=1S/C18H15Cl2FN2O2/c19-13-3-1-2-11(6-13)9-22-18(25)12-7-17(24)23(10-12)14-4-5-16(21)15(20)8-14/h1-6,8,12H,7,9-10H2,(H,22,25)/t12-/m1/s1. The number of carbonyl (C=O) groups is 2. The average Bonchev–Trinajstić information content (AvgIpc) is 2.97. The van der Waals surface area contributed by atoms with Crippen LogP contribution in [0.2, 0.25) is 10.0 Å². The number of anilines is 1. The van der Waals surface area contributed by atoms with Gasteiger partial charge in [0.05, 0.1) is 10.9 Å². The molecule has 2 amide bonds. The third-order valence-corrected chi connectivity index (χ3v) is 4.59. The Morgan fingerprint density at radius 3 is 2.76 bits per heavy atom. The Labute approximate surface area is 154 Å². The highest BCUT2D eigenvalue weighted by molar-refractivity contribution is 6.31. The second kappa shape index (κ2) is 7.42. The number of hydrogen-bond acceptors (Lipinski definition) is 2. The fraction of sp³-hybridized carbons (Fsp3) is 0.222. The Morgan fingerprint density at radius 1 is 1.24 bits per heavy atom. The van der Waals surface area contributed by atoms with Crippen molar-refractivity contribution in [2.75, 3.05) is 11.4 Å². The summed E-state index contributed by atoms with van der Waals surface area (Å²) in [6.07, 6.45) is 0.108. The zero-order valence-corrected chi connectivity index (χ0v) is 14.6. The van der Waals surface area contributed by atoms with Crippen LogP contribution < -0.4 is 10.2 Å². The van der Waals surface area contributed by atoms with Gasteiger partial charge in [0, 0.05) is 30.2 Å². The first-order valence-corrected chi connectivity index (χ1v) is 8.47. The van der Waals surface area contributed by atoms with Crippen molar-refractivity contribution in [2.24, 2.45) is 5.92 Å². The average molecular weight is 381 g/mol. The van der Waals surface area contributed by atoms with E-state index < -0.39 is 11.7 Å². The summed E-state index contributed by atoms with van der Waals surface area (Å²) in [5.41, 5.74) is 1.37. The van der Waals surface area contributed by atoms with Crippen molar-refractivity contribution in [2.45, 2.75) is 13.0 Å². The number of nitrogens with zero attached hydrogens (tertiary/aromatic N) is 1. The maximum Gasteiger partial charge on any atom is 0.227 e. The molecular formula is C18H15Cl2FN2O2. The van der Waals surface area contributed by atoms with Crippen LogP contribution in [0.15, 0.2) is 42.5 Å². The van der Waals surface area contributed by atoms with Crippen molar-refractivity contribution in [1.29, 1.82) is 0 Å². The van der Waals surface area contributed by atoms with Gasteiger partial charge in [-0.1, -0.05) is 35.3 Å². The van der Waals surface area contributed by atoms with Crippen molar-refractivity contribution in [1.82, 2.24) is 5.32 Å². The smallest absolute Gasteiger partial charge is 0.227 e. The topological polar surface area (TPSA) is 49.4 Å². The summed E-state index contributed by atoms with van der Waals surface area (Å²) in [4.78, 5) is 26.0. The Kier molecular flexibility index (Phi) is 5.25. The number of amides is 2. The molecule has 2 aromatic carbocycles. The van der Waals surface area contributed by atoms with Gasteiger partial charge in [0.2, 0.25) is 11.8 Å². The molecule has 1 aliphatic heterocycles. The number of benzene rings is 2. The first kappa shape index (κ1) is 17.7. The highest BCUT2D eigenvalue weighted by Crippen LogP contribution is 2.28. The molecule has 0 unspecified atom stereocenters. The Balaban J connectivity index is 1.63. The third kappa shape index (κ3) is 4.11. The SMILES string of the molecule is O=C(NCc1cccc(Cl)c1)[C@@H]1CC(=O)N(c2ccc(F)c(Cl)c2)C1. The van der Waals surface area contributed by atoms with Crippen LogP contribution in [0, 0.1) is 11.7 Å². The van der Waals surface area contributed by atoms with Gasteiger partial charge < -0.3 is 10.2 Å². The van der Waals surface area contributed by atoms with E-state index in [0.717, 1.165) is 5.56 Å². The summed E-state index contributed by atoms with van der Waals surface area (Å²) in [6.45, 7) is 0.578. The highest BCUT2D eigenvalue weighted by atomic mass is 35.5. The molecule has 0 aliphatic carbocycles. The van der Waals surface area contributed by atoms with Gasteiger partial charge in [0.15, 0.2) is 0 Å². The van der Waals surface area contributed by atoms with E-state index in [9.17, 15) is 14.0 Å². The van der Waals surface area contributed by atoms with Gasteiger partial charge in [0.25, 0.3) is 0 Å². The predicted molar refractivity (Wildman–Crippen MR) is 95.2 cm³/mol. The molecule has 7 heteroatoms. The number of rotatable bonds is 4. The van der Waals surface area contributed by atoms with Gasteiger partial charge in [-0.2, -0.15) is 0 Å². The van der Waals surface area contributed by atoms with Crippen molar-refractivity contribution in [3.05, 3.63) is 63.9 Å². The summed E-state index contributed by atoms with van der Waals surface area (Å²) < 4.78 is 13.3. The van der Waals surface area contributed by atoms with E-state index in [1.54, 1.807) is 12.1 Å². The molecule has 1 heterocycles. The van der Waals surface area contributed by atoms with Crippen LogP contribution in [0.1, 0.15) is 12.0 Å². The Hall–Kier alpha value is -2.11. The van der Waals surface area contributed by atoms with E-state index >= 15 is 0 Å². The van der Waals surface area contributed by atoms with Crippen LogP contribution in [-0.4, -0.2) is 18.4 Å². The van der Waals surface area contributed by atoms with Crippen LogP contribution in [0.5, 0.6) is 0 Å². The number of carbonyl (C=O) groups excluding carboxylic acids is 2. The minimum atomic E-state index is -0.548. The molecule has 1 saturated heterocycles. The largest absolute Gasteiger partial charge is 0.352 e. The van der Waals surface area contributed by atoms with Crippen molar-refractivity contribution in [3.63, 3.8) is 0 Å². The first-order valence-electron chi connectivity index (χ1n) is 7.71. The minimum Gasteiger partial charge on any atom is -0.352 e. The van der Waals surface area contributed by atoms with E-state index in [2.05, 4.69) is 5.32 Å². The lowest BCUT2D eigenvalue weighted by Crippen LogP contribution is -2.32. The second-order valence-electron chi connectivity index (χ2n) is 5.85. The normalized spacial score (nSPS) is 17.0. The molecule has 1 fully saturated rings. The zero-order chi connectivity index (χ0) is 18.0. The molecule has 0 radical (unpaired) electrons. The highest BCUT2D eigenvalue weighted by Gasteiger charge is 2.35. The molecule has 25 heavy (non-hydrogen) atoms. The first-order chi connectivity index (χ1) is 11.9. The van der Waals surface area contributed by atoms with Crippen molar-refractivity contribution < 1.29 is 14.0 Å². The zero-order valence-electron chi connectivity index (χ0n) is 13.1. The van der Waals surface area contributed by atoms with Gasteiger partial charge in [-0.15, -0.1) is 0 Å². The lowest BCUT2D eigenvalue weighted by molar-refractivity contribution is -0.126. The van der Waals surface area contributed by atoms with Crippen LogP contribution in [-0.2, 0) is 16.1 Å². The van der Waals surface area contributed by atoms with Crippen LogP contribution in [0.3, 0.4) is 0 Å². The van der Waals surface area contributed by atoms with E-state index in [4.69, 9.17) is 23.2 Å². The molecule has 2 aromatic rings. The number of halogens is 3. The summed E-state index contributed by atoms with van der Waals surface area (Å²) in [5, 5.41) is 3.36.